The third kappa shape index (κ3) is 3.51. The van der Waals surface area contributed by atoms with Crippen LogP contribution < -0.4 is 4.90 Å². The van der Waals surface area contributed by atoms with Crippen molar-refractivity contribution in [2.75, 3.05) is 24.7 Å². The largest absolute Gasteiger partial charge is 0.384 e. The summed E-state index contributed by atoms with van der Waals surface area (Å²) in [7, 11) is 0. The second kappa shape index (κ2) is 6.26. The minimum atomic E-state index is -1.02. The third-order valence-corrected chi connectivity index (χ3v) is 4.03. The molecule has 1 atom stereocenters. The molecule has 0 aliphatic carbocycles. The number of anilines is 1. The quantitative estimate of drug-likeness (QED) is 0.944. The molecule has 5 heteroatoms. The van der Waals surface area contributed by atoms with Gasteiger partial charge in [-0.25, -0.2) is 9.97 Å². The highest BCUT2D eigenvalue weighted by atomic mass is 16.5. The van der Waals surface area contributed by atoms with Crippen LogP contribution in [0.25, 0.3) is 11.4 Å². The van der Waals surface area contributed by atoms with Crippen LogP contribution in [0.3, 0.4) is 0 Å². The molecule has 0 bridgehead atoms. The van der Waals surface area contributed by atoms with Gasteiger partial charge in [0.25, 0.3) is 0 Å². The Hall–Kier alpha value is -1.98. The number of nitrogens with zero attached hydrogens (tertiary/aromatic N) is 3. The van der Waals surface area contributed by atoms with E-state index in [-0.39, 0.29) is 6.04 Å². The molecule has 1 aromatic heterocycles. The molecular formula is C18H23N3O2. The molecule has 2 heterocycles. The lowest BCUT2D eigenvalue weighted by molar-refractivity contribution is 0.0736. The Kier molecular flexibility index (Phi) is 4.33. The van der Waals surface area contributed by atoms with Crippen LogP contribution >= 0.6 is 0 Å². The number of benzene rings is 1. The van der Waals surface area contributed by atoms with Crippen molar-refractivity contribution in [2.24, 2.45) is 0 Å². The molecule has 0 amide bonds. The molecule has 122 valence electrons. The van der Waals surface area contributed by atoms with Gasteiger partial charge in [-0.1, -0.05) is 30.3 Å². The summed E-state index contributed by atoms with van der Waals surface area (Å²) < 4.78 is 5.51. The van der Waals surface area contributed by atoms with Crippen molar-refractivity contribution in [1.82, 2.24) is 9.97 Å². The first-order chi connectivity index (χ1) is 10.9. The standard InChI is InChI=1S/C18H23N3O2/c1-13-12-23-10-9-21(13)16-11-15(18(2,3)22)19-17(20-16)14-7-5-4-6-8-14/h4-8,11,13,22H,9-10,12H2,1-3H3/t13-/m0/s1. The zero-order valence-electron chi connectivity index (χ0n) is 13.9. The van der Waals surface area contributed by atoms with Crippen molar-refractivity contribution >= 4 is 5.82 Å². The Morgan fingerprint density at radius 2 is 1.96 bits per heavy atom. The molecular weight excluding hydrogens is 290 g/mol. The van der Waals surface area contributed by atoms with Gasteiger partial charge in [-0.3, -0.25) is 0 Å². The van der Waals surface area contributed by atoms with Crippen molar-refractivity contribution in [1.29, 1.82) is 0 Å². The van der Waals surface area contributed by atoms with Crippen LogP contribution in [0.1, 0.15) is 26.5 Å². The van der Waals surface area contributed by atoms with E-state index in [1.807, 2.05) is 36.4 Å². The number of aliphatic hydroxyl groups is 1. The molecule has 1 aliphatic heterocycles. The SMILES string of the molecule is C[C@H]1COCCN1c1cc(C(C)(C)O)nc(-c2ccccc2)n1. The van der Waals surface area contributed by atoms with Crippen molar-refractivity contribution in [3.05, 3.63) is 42.1 Å². The molecule has 0 spiro atoms. The normalized spacial score (nSPS) is 19.0. The number of rotatable bonds is 3. The molecule has 1 aromatic carbocycles. The minimum Gasteiger partial charge on any atom is -0.384 e. The molecule has 3 rings (SSSR count). The first-order valence-corrected chi connectivity index (χ1v) is 7.97. The van der Waals surface area contributed by atoms with E-state index in [1.165, 1.54) is 0 Å². The maximum Gasteiger partial charge on any atom is 0.161 e. The van der Waals surface area contributed by atoms with E-state index in [0.717, 1.165) is 17.9 Å². The van der Waals surface area contributed by atoms with E-state index in [4.69, 9.17) is 9.72 Å². The summed E-state index contributed by atoms with van der Waals surface area (Å²) in [5.74, 6) is 1.48. The molecule has 1 N–H and O–H groups in total. The Labute approximate surface area is 137 Å². The second-order valence-corrected chi connectivity index (χ2v) is 6.48. The fourth-order valence-corrected chi connectivity index (χ4v) is 2.68. The van der Waals surface area contributed by atoms with Gasteiger partial charge in [0, 0.05) is 18.2 Å². The highest BCUT2D eigenvalue weighted by Crippen LogP contribution is 2.27. The zero-order chi connectivity index (χ0) is 16.4. The summed E-state index contributed by atoms with van der Waals surface area (Å²) in [6.45, 7) is 7.77. The van der Waals surface area contributed by atoms with Crippen LogP contribution in [0.2, 0.25) is 0 Å². The van der Waals surface area contributed by atoms with E-state index < -0.39 is 5.60 Å². The van der Waals surface area contributed by atoms with Crippen LogP contribution in [-0.2, 0) is 10.3 Å². The van der Waals surface area contributed by atoms with E-state index >= 15 is 0 Å². The molecule has 1 saturated heterocycles. The van der Waals surface area contributed by atoms with E-state index in [0.29, 0.717) is 24.7 Å². The minimum absolute atomic E-state index is 0.247. The van der Waals surface area contributed by atoms with Crippen LogP contribution in [0, 0.1) is 0 Å². The lowest BCUT2D eigenvalue weighted by Crippen LogP contribution is -2.44. The fourth-order valence-electron chi connectivity index (χ4n) is 2.68. The van der Waals surface area contributed by atoms with Crippen LogP contribution in [0.5, 0.6) is 0 Å². The Morgan fingerprint density at radius 3 is 2.61 bits per heavy atom. The lowest BCUT2D eigenvalue weighted by Gasteiger charge is -2.35. The lowest BCUT2D eigenvalue weighted by atomic mass is 10.0. The van der Waals surface area contributed by atoms with E-state index in [9.17, 15) is 5.11 Å². The first-order valence-electron chi connectivity index (χ1n) is 7.97. The average molecular weight is 313 g/mol. The molecule has 5 nitrogen and oxygen atoms in total. The highest BCUT2D eigenvalue weighted by molar-refractivity contribution is 5.58. The molecule has 0 unspecified atom stereocenters. The maximum atomic E-state index is 10.4. The Bertz CT molecular complexity index is 668. The van der Waals surface area contributed by atoms with Crippen LogP contribution in [-0.4, -0.2) is 40.9 Å². The summed E-state index contributed by atoms with van der Waals surface area (Å²) >= 11 is 0. The molecule has 0 saturated carbocycles. The van der Waals surface area contributed by atoms with Gasteiger partial charge >= 0.3 is 0 Å². The van der Waals surface area contributed by atoms with Gasteiger partial charge in [0.2, 0.25) is 0 Å². The summed E-state index contributed by atoms with van der Waals surface area (Å²) in [6, 6.07) is 12.0. The van der Waals surface area contributed by atoms with Gasteiger partial charge in [-0.2, -0.15) is 0 Å². The number of hydrogen-bond acceptors (Lipinski definition) is 5. The summed E-state index contributed by atoms with van der Waals surface area (Å²) in [5, 5.41) is 10.4. The van der Waals surface area contributed by atoms with Crippen LogP contribution in [0.15, 0.2) is 36.4 Å². The zero-order valence-corrected chi connectivity index (χ0v) is 13.9. The topological polar surface area (TPSA) is 58.5 Å². The smallest absolute Gasteiger partial charge is 0.161 e. The summed E-state index contributed by atoms with van der Waals surface area (Å²) in [5.41, 5.74) is 0.553. The number of hydrogen-bond donors (Lipinski definition) is 1. The maximum absolute atomic E-state index is 10.4. The Balaban J connectivity index is 2.08. The van der Waals surface area contributed by atoms with E-state index in [1.54, 1.807) is 13.8 Å². The predicted octanol–water partition coefficient (Wildman–Crippen LogP) is 2.60. The predicted molar refractivity (Wildman–Crippen MR) is 90.3 cm³/mol. The average Bonchev–Trinajstić information content (AvgIpc) is 2.55. The third-order valence-electron chi connectivity index (χ3n) is 4.03. The molecule has 0 radical (unpaired) electrons. The fraction of sp³-hybridized carbons (Fsp3) is 0.444. The van der Waals surface area contributed by atoms with Gasteiger partial charge in [0.15, 0.2) is 5.82 Å². The van der Waals surface area contributed by atoms with Gasteiger partial charge in [-0.15, -0.1) is 0 Å². The van der Waals surface area contributed by atoms with Crippen molar-refractivity contribution in [2.45, 2.75) is 32.4 Å². The van der Waals surface area contributed by atoms with Crippen LogP contribution in [0.4, 0.5) is 5.82 Å². The first kappa shape index (κ1) is 15.9. The summed E-state index contributed by atoms with van der Waals surface area (Å²) in [4.78, 5) is 11.5. The number of ether oxygens (including phenoxy) is 1. The van der Waals surface area contributed by atoms with Gasteiger partial charge in [-0.05, 0) is 20.8 Å². The van der Waals surface area contributed by atoms with Crippen molar-refractivity contribution < 1.29 is 9.84 Å². The Morgan fingerprint density at radius 1 is 1.22 bits per heavy atom. The van der Waals surface area contributed by atoms with Gasteiger partial charge in [0.05, 0.1) is 24.9 Å². The molecule has 23 heavy (non-hydrogen) atoms. The molecule has 2 aromatic rings. The highest BCUT2D eigenvalue weighted by Gasteiger charge is 2.25. The summed E-state index contributed by atoms with van der Waals surface area (Å²) in [6.07, 6.45) is 0. The van der Waals surface area contributed by atoms with Gasteiger partial charge < -0.3 is 14.7 Å². The number of aromatic nitrogens is 2. The second-order valence-electron chi connectivity index (χ2n) is 6.48. The van der Waals surface area contributed by atoms with Crippen molar-refractivity contribution in [3.63, 3.8) is 0 Å². The molecule has 1 aliphatic rings. The van der Waals surface area contributed by atoms with E-state index in [2.05, 4.69) is 16.8 Å². The van der Waals surface area contributed by atoms with Crippen molar-refractivity contribution in [3.8, 4) is 11.4 Å². The van der Waals surface area contributed by atoms with Gasteiger partial charge in [0.1, 0.15) is 11.4 Å². The number of morpholine rings is 1. The molecule has 1 fully saturated rings. The monoisotopic (exact) mass is 313 g/mol.